The molecular formula is C40H60O4. The van der Waals surface area contributed by atoms with E-state index in [4.69, 9.17) is 9.47 Å². The quantitative estimate of drug-likeness (QED) is 0.238. The average Bonchev–Trinajstić information content (AvgIpc) is 3.38. The number of fused-ring (bicyclic) bond motifs is 7. The normalized spacial score (nSPS) is 44.3. The van der Waals surface area contributed by atoms with E-state index in [0.717, 1.165) is 23.8 Å². The highest BCUT2D eigenvalue weighted by Gasteiger charge is 2.70. The van der Waals surface area contributed by atoms with Crippen LogP contribution in [0.3, 0.4) is 0 Å². The molecule has 10 atom stereocenters. The number of hydrogen-bond donors (Lipinski definition) is 1. The third kappa shape index (κ3) is 5.04. The molecule has 0 bridgehead atoms. The molecule has 4 heteroatoms. The van der Waals surface area contributed by atoms with Crippen LogP contribution in [0.15, 0.2) is 36.4 Å². The van der Waals surface area contributed by atoms with Crippen molar-refractivity contribution in [2.75, 3.05) is 19.8 Å². The van der Waals surface area contributed by atoms with Gasteiger partial charge in [0.25, 0.3) is 0 Å². The fraction of sp³-hybridized carbons (Fsp3) is 0.775. The standard InChI is InChI=1S/C40H60O4/c1-7-29-17-22-40(27-44-34(42)26-43-25-11-14-28-12-9-8-10-13-28)24-23-38(5)30(35(29)40)15-16-32-37(4)20-19-33(41)36(2,3)31(37)18-21-39(32,38)6/h8-14,29-33,35,41H,7,15-27H2,1-6H3/b14-11+/t29?,30?,31?,32?,33-,35?,37-,38+,39+,40+/m0/s1. The van der Waals surface area contributed by atoms with Crippen LogP contribution in [0.5, 0.6) is 0 Å². The number of aliphatic hydroxyl groups excluding tert-OH is 1. The predicted octanol–water partition coefficient (Wildman–Crippen LogP) is 9.11. The van der Waals surface area contributed by atoms with Gasteiger partial charge in [0.1, 0.15) is 6.61 Å². The highest BCUT2D eigenvalue weighted by atomic mass is 16.6. The second kappa shape index (κ2) is 11.9. The summed E-state index contributed by atoms with van der Waals surface area (Å²) in [5, 5.41) is 11.0. The average molecular weight is 605 g/mol. The van der Waals surface area contributed by atoms with Gasteiger partial charge < -0.3 is 14.6 Å². The highest BCUT2D eigenvalue weighted by molar-refractivity contribution is 5.70. The molecule has 0 amide bonds. The number of rotatable bonds is 8. The number of benzene rings is 1. The highest BCUT2D eigenvalue weighted by Crippen LogP contribution is 2.77. The molecule has 5 aliphatic rings. The van der Waals surface area contributed by atoms with Crippen LogP contribution in [0.2, 0.25) is 0 Å². The fourth-order valence-corrected chi connectivity index (χ4v) is 12.8. The van der Waals surface area contributed by atoms with Crippen molar-refractivity contribution >= 4 is 12.0 Å². The van der Waals surface area contributed by atoms with E-state index in [9.17, 15) is 9.90 Å². The lowest BCUT2D eigenvalue weighted by atomic mass is 9.32. The monoisotopic (exact) mass is 604 g/mol. The number of esters is 1. The van der Waals surface area contributed by atoms with Crippen LogP contribution in [0.4, 0.5) is 0 Å². The summed E-state index contributed by atoms with van der Waals surface area (Å²) in [6.45, 7) is 16.1. The smallest absolute Gasteiger partial charge is 0.332 e. The van der Waals surface area contributed by atoms with Crippen LogP contribution in [0, 0.1) is 56.7 Å². The molecule has 0 saturated heterocycles. The summed E-state index contributed by atoms with van der Waals surface area (Å²) in [7, 11) is 0. The molecule has 5 aliphatic carbocycles. The zero-order valence-electron chi connectivity index (χ0n) is 28.6. The maximum atomic E-state index is 12.9. The zero-order chi connectivity index (χ0) is 31.4. The number of carbonyl (C=O) groups is 1. The lowest BCUT2D eigenvalue weighted by Gasteiger charge is -2.73. The van der Waals surface area contributed by atoms with E-state index < -0.39 is 0 Å². The first-order valence-electron chi connectivity index (χ1n) is 18.0. The minimum Gasteiger partial charge on any atom is -0.463 e. The Hall–Kier alpha value is -1.65. The van der Waals surface area contributed by atoms with Crippen LogP contribution >= 0.6 is 0 Å². The molecule has 6 rings (SSSR count). The SMILES string of the molecule is CCC1CC[C@]2(COC(=O)COC/C=C/c3ccccc3)CC[C@]3(C)C(CCC4[C@@]5(C)CC[C@H](O)C(C)(C)C5CC[C@]43C)C12. The molecule has 44 heavy (non-hydrogen) atoms. The van der Waals surface area contributed by atoms with Gasteiger partial charge in [-0.05, 0) is 121 Å². The molecule has 5 unspecified atom stereocenters. The van der Waals surface area contributed by atoms with Crippen molar-refractivity contribution in [2.24, 2.45) is 56.7 Å². The van der Waals surface area contributed by atoms with Gasteiger partial charge in [-0.25, -0.2) is 4.79 Å². The number of hydrogen-bond acceptors (Lipinski definition) is 4. The van der Waals surface area contributed by atoms with Crippen LogP contribution < -0.4 is 0 Å². The molecule has 1 N–H and O–H groups in total. The molecule has 4 nitrogen and oxygen atoms in total. The molecule has 1 aromatic carbocycles. The van der Waals surface area contributed by atoms with Crippen LogP contribution in [-0.4, -0.2) is 37.0 Å². The minimum absolute atomic E-state index is 0.00165. The first-order chi connectivity index (χ1) is 20.9. The van der Waals surface area contributed by atoms with E-state index in [0.29, 0.717) is 47.2 Å². The third-order valence-corrected chi connectivity index (χ3v) is 15.3. The van der Waals surface area contributed by atoms with Gasteiger partial charge in [-0.15, -0.1) is 0 Å². The third-order valence-electron chi connectivity index (χ3n) is 15.3. The Balaban J connectivity index is 1.15. The van der Waals surface area contributed by atoms with E-state index in [1.165, 1.54) is 64.2 Å². The van der Waals surface area contributed by atoms with Crippen molar-refractivity contribution < 1.29 is 19.4 Å². The van der Waals surface area contributed by atoms with Gasteiger partial charge in [-0.3, -0.25) is 0 Å². The van der Waals surface area contributed by atoms with Gasteiger partial charge >= 0.3 is 5.97 Å². The Labute approximate surface area is 267 Å². The summed E-state index contributed by atoms with van der Waals surface area (Å²) in [6.07, 6.45) is 17.3. The number of aliphatic hydroxyl groups is 1. The molecular weight excluding hydrogens is 544 g/mol. The summed E-state index contributed by atoms with van der Waals surface area (Å²) in [4.78, 5) is 12.9. The molecule has 5 saturated carbocycles. The molecule has 244 valence electrons. The topological polar surface area (TPSA) is 55.8 Å². The Morgan fingerprint density at radius 2 is 1.66 bits per heavy atom. The summed E-state index contributed by atoms with van der Waals surface area (Å²) in [5.74, 6) is 3.18. The van der Waals surface area contributed by atoms with Gasteiger partial charge in [0.2, 0.25) is 0 Å². The molecule has 0 aromatic heterocycles. The van der Waals surface area contributed by atoms with Crippen LogP contribution in [-0.2, 0) is 14.3 Å². The van der Waals surface area contributed by atoms with Crippen molar-refractivity contribution in [3.8, 4) is 0 Å². The molecule has 0 heterocycles. The summed E-state index contributed by atoms with van der Waals surface area (Å²) >= 11 is 0. The maximum Gasteiger partial charge on any atom is 0.332 e. The van der Waals surface area contributed by atoms with Crippen LogP contribution in [0.25, 0.3) is 6.08 Å². The van der Waals surface area contributed by atoms with Crippen molar-refractivity contribution in [1.82, 2.24) is 0 Å². The van der Waals surface area contributed by atoms with E-state index in [-0.39, 0.29) is 29.5 Å². The number of carbonyl (C=O) groups excluding carboxylic acids is 1. The van der Waals surface area contributed by atoms with E-state index >= 15 is 0 Å². The molecule has 1 aromatic rings. The van der Waals surface area contributed by atoms with E-state index in [2.05, 4.69) is 53.7 Å². The Morgan fingerprint density at radius 3 is 2.41 bits per heavy atom. The Kier molecular flexibility index (Phi) is 8.70. The maximum absolute atomic E-state index is 12.9. The van der Waals surface area contributed by atoms with Gasteiger partial charge in [0.05, 0.1) is 19.3 Å². The predicted molar refractivity (Wildman–Crippen MR) is 178 cm³/mol. The van der Waals surface area contributed by atoms with Gasteiger partial charge in [-0.1, -0.05) is 90.4 Å². The lowest BCUT2D eigenvalue weighted by Crippen LogP contribution is -2.66. The summed E-state index contributed by atoms with van der Waals surface area (Å²) in [6, 6.07) is 10.2. The summed E-state index contributed by atoms with van der Waals surface area (Å²) < 4.78 is 11.8. The molecule has 0 spiro atoms. The minimum atomic E-state index is -0.219. The molecule has 5 fully saturated rings. The first kappa shape index (κ1) is 32.3. The second-order valence-corrected chi connectivity index (χ2v) is 17.1. The van der Waals surface area contributed by atoms with Gasteiger partial charge in [-0.2, -0.15) is 0 Å². The largest absolute Gasteiger partial charge is 0.463 e. The zero-order valence-corrected chi connectivity index (χ0v) is 28.6. The fourth-order valence-electron chi connectivity index (χ4n) is 12.8. The van der Waals surface area contributed by atoms with Crippen molar-refractivity contribution in [2.45, 2.75) is 118 Å². The van der Waals surface area contributed by atoms with Crippen molar-refractivity contribution in [3.63, 3.8) is 0 Å². The van der Waals surface area contributed by atoms with E-state index in [1.807, 2.05) is 30.4 Å². The lowest BCUT2D eigenvalue weighted by molar-refractivity contribution is -0.250. The number of ether oxygens (including phenoxy) is 2. The Bertz CT molecular complexity index is 1210. The Morgan fingerprint density at radius 1 is 0.886 bits per heavy atom. The van der Waals surface area contributed by atoms with Gasteiger partial charge in [0, 0.05) is 5.41 Å². The first-order valence-corrected chi connectivity index (χ1v) is 18.0. The second-order valence-electron chi connectivity index (χ2n) is 17.1. The van der Waals surface area contributed by atoms with Crippen molar-refractivity contribution in [1.29, 1.82) is 0 Å². The van der Waals surface area contributed by atoms with Gasteiger partial charge in [0.15, 0.2) is 0 Å². The van der Waals surface area contributed by atoms with Crippen LogP contribution in [0.1, 0.15) is 118 Å². The molecule has 0 radical (unpaired) electrons. The van der Waals surface area contributed by atoms with E-state index in [1.54, 1.807) is 0 Å². The molecule has 0 aliphatic heterocycles. The summed E-state index contributed by atoms with van der Waals surface area (Å²) in [5.41, 5.74) is 2.20. The van der Waals surface area contributed by atoms with Crippen molar-refractivity contribution in [3.05, 3.63) is 42.0 Å².